The minimum atomic E-state index is 0.0529. The van der Waals surface area contributed by atoms with E-state index in [0.29, 0.717) is 13.0 Å². The number of hydrogen-bond donors (Lipinski definition) is 2. The number of carbonyl (C=O) groups excluding carboxylic acids is 2. The SMILES string of the molecule is CNC(=O)CN1CCC(NC(=O)CCCN2CCN(c3ccccc3)CC2)CC1. The maximum atomic E-state index is 12.3. The number of piperidine rings is 1. The first kappa shape index (κ1) is 21.6. The first-order chi connectivity index (χ1) is 14.1. The summed E-state index contributed by atoms with van der Waals surface area (Å²) in [6, 6.07) is 10.8. The van der Waals surface area contributed by atoms with Crippen LogP contribution in [-0.4, -0.2) is 87.1 Å². The molecule has 0 radical (unpaired) electrons. The smallest absolute Gasteiger partial charge is 0.233 e. The van der Waals surface area contributed by atoms with Crippen molar-refractivity contribution in [3.8, 4) is 0 Å². The zero-order valence-electron chi connectivity index (χ0n) is 17.6. The zero-order valence-corrected chi connectivity index (χ0v) is 17.6. The zero-order chi connectivity index (χ0) is 20.5. The molecule has 2 N–H and O–H groups in total. The number of nitrogens with one attached hydrogen (secondary N) is 2. The number of piperazine rings is 1. The molecule has 7 nitrogen and oxygen atoms in total. The molecule has 0 aromatic heterocycles. The normalized spacial score (nSPS) is 19.1. The Kier molecular flexibility index (Phi) is 8.31. The summed E-state index contributed by atoms with van der Waals surface area (Å²) in [5, 5.41) is 5.84. The van der Waals surface area contributed by atoms with E-state index in [4.69, 9.17) is 0 Å². The molecule has 3 rings (SSSR count). The van der Waals surface area contributed by atoms with Crippen LogP contribution in [0.1, 0.15) is 25.7 Å². The van der Waals surface area contributed by atoms with Gasteiger partial charge < -0.3 is 15.5 Å². The van der Waals surface area contributed by atoms with Crippen molar-refractivity contribution in [1.82, 2.24) is 20.4 Å². The van der Waals surface area contributed by atoms with E-state index in [1.54, 1.807) is 7.05 Å². The lowest BCUT2D eigenvalue weighted by Gasteiger charge is -2.36. The monoisotopic (exact) mass is 401 g/mol. The Hall–Kier alpha value is -2.12. The van der Waals surface area contributed by atoms with Crippen molar-refractivity contribution in [2.75, 3.05) is 64.3 Å². The number of likely N-dealkylation sites (N-methyl/N-ethyl adjacent to an activating group) is 1. The van der Waals surface area contributed by atoms with Gasteiger partial charge in [0.1, 0.15) is 0 Å². The number of amides is 2. The van der Waals surface area contributed by atoms with Crippen molar-refractivity contribution in [2.45, 2.75) is 31.7 Å². The fourth-order valence-electron chi connectivity index (χ4n) is 4.15. The molecule has 2 aliphatic rings. The maximum absolute atomic E-state index is 12.3. The molecule has 1 aromatic carbocycles. The topological polar surface area (TPSA) is 67.9 Å². The Morgan fingerprint density at radius 3 is 2.28 bits per heavy atom. The summed E-state index contributed by atoms with van der Waals surface area (Å²) in [7, 11) is 1.67. The highest BCUT2D eigenvalue weighted by Gasteiger charge is 2.22. The lowest BCUT2D eigenvalue weighted by Crippen LogP contribution is -2.47. The standard InChI is InChI=1S/C22H35N5O2/c1-23-22(29)18-26-12-9-19(10-13-26)24-21(28)8-5-11-25-14-16-27(17-15-25)20-6-3-2-4-7-20/h2-4,6-7,19H,5,8-18H2,1H3,(H,23,29)(H,24,28). The van der Waals surface area contributed by atoms with E-state index in [-0.39, 0.29) is 17.9 Å². The third kappa shape index (κ3) is 7.01. The highest BCUT2D eigenvalue weighted by Crippen LogP contribution is 2.16. The Bertz CT molecular complexity index is 638. The molecule has 2 aliphatic heterocycles. The van der Waals surface area contributed by atoms with Gasteiger partial charge >= 0.3 is 0 Å². The van der Waals surface area contributed by atoms with Crippen molar-refractivity contribution in [3.05, 3.63) is 30.3 Å². The Balaban J connectivity index is 1.26. The highest BCUT2D eigenvalue weighted by atomic mass is 16.2. The number of hydrogen-bond acceptors (Lipinski definition) is 5. The molecule has 0 bridgehead atoms. The molecule has 0 atom stereocenters. The summed E-state index contributed by atoms with van der Waals surface area (Å²) >= 11 is 0. The van der Waals surface area contributed by atoms with Crippen molar-refractivity contribution in [2.24, 2.45) is 0 Å². The molecule has 0 saturated carbocycles. The van der Waals surface area contributed by atoms with Gasteiger partial charge in [0.2, 0.25) is 11.8 Å². The predicted molar refractivity (Wildman–Crippen MR) is 116 cm³/mol. The third-order valence-corrected chi connectivity index (χ3v) is 5.97. The van der Waals surface area contributed by atoms with Crippen LogP contribution in [0.2, 0.25) is 0 Å². The minimum absolute atomic E-state index is 0.0529. The number of para-hydroxylation sites is 1. The van der Waals surface area contributed by atoms with Crippen LogP contribution in [0.4, 0.5) is 5.69 Å². The van der Waals surface area contributed by atoms with E-state index in [1.165, 1.54) is 5.69 Å². The quantitative estimate of drug-likeness (QED) is 0.678. The van der Waals surface area contributed by atoms with E-state index >= 15 is 0 Å². The molecule has 7 heteroatoms. The molecule has 0 spiro atoms. The van der Waals surface area contributed by atoms with Crippen LogP contribution in [0.3, 0.4) is 0 Å². The van der Waals surface area contributed by atoms with Gasteiger partial charge in [0.25, 0.3) is 0 Å². The van der Waals surface area contributed by atoms with E-state index < -0.39 is 0 Å². The second-order valence-electron chi connectivity index (χ2n) is 8.06. The second kappa shape index (κ2) is 11.2. The van der Waals surface area contributed by atoms with Crippen molar-refractivity contribution in [3.63, 3.8) is 0 Å². The van der Waals surface area contributed by atoms with Crippen LogP contribution < -0.4 is 15.5 Å². The summed E-state index contributed by atoms with van der Waals surface area (Å²) in [5.41, 5.74) is 1.30. The summed E-state index contributed by atoms with van der Waals surface area (Å²) in [5.74, 6) is 0.217. The second-order valence-corrected chi connectivity index (χ2v) is 8.06. The maximum Gasteiger partial charge on any atom is 0.233 e. The Morgan fingerprint density at radius 2 is 1.62 bits per heavy atom. The Labute approximate surface area is 174 Å². The summed E-state index contributed by atoms with van der Waals surface area (Å²) in [6.45, 7) is 7.37. The summed E-state index contributed by atoms with van der Waals surface area (Å²) in [6.07, 6.45) is 3.35. The highest BCUT2D eigenvalue weighted by molar-refractivity contribution is 5.77. The van der Waals surface area contributed by atoms with Gasteiger partial charge in [0.15, 0.2) is 0 Å². The number of rotatable bonds is 8. The molecule has 0 aliphatic carbocycles. The summed E-state index contributed by atoms with van der Waals surface area (Å²) in [4.78, 5) is 30.8. The summed E-state index contributed by atoms with van der Waals surface area (Å²) < 4.78 is 0. The first-order valence-electron chi connectivity index (χ1n) is 10.9. The molecule has 0 unspecified atom stereocenters. The molecule has 160 valence electrons. The number of benzene rings is 1. The van der Waals surface area contributed by atoms with Gasteiger partial charge in [-0.3, -0.25) is 19.4 Å². The van der Waals surface area contributed by atoms with Crippen LogP contribution in [-0.2, 0) is 9.59 Å². The largest absolute Gasteiger partial charge is 0.369 e. The van der Waals surface area contributed by atoms with Crippen LogP contribution in [0.25, 0.3) is 0 Å². The van der Waals surface area contributed by atoms with E-state index in [1.807, 2.05) is 0 Å². The van der Waals surface area contributed by atoms with Crippen molar-refractivity contribution >= 4 is 17.5 Å². The van der Waals surface area contributed by atoms with E-state index in [9.17, 15) is 9.59 Å². The van der Waals surface area contributed by atoms with Crippen LogP contribution in [0.15, 0.2) is 30.3 Å². The van der Waals surface area contributed by atoms with Gasteiger partial charge in [0.05, 0.1) is 6.54 Å². The van der Waals surface area contributed by atoms with Crippen LogP contribution in [0.5, 0.6) is 0 Å². The predicted octanol–water partition coefficient (Wildman–Crippen LogP) is 0.915. The molecule has 2 heterocycles. The average Bonchev–Trinajstić information content (AvgIpc) is 2.76. The average molecular weight is 402 g/mol. The van der Waals surface area contributed by atoms with Gasteiger partial charge in [-0.25, -0.2) is 0 Å². The molecular formula is C22H35N5O2. The molecular weight excluding hydrogens is 366 g/mol. The van der Waals surface area contributed by atoms with Crippen LogP contribution >= 0.6 is 0 Å². The molecule has 2 fully saturated rings. The number of carbonyl (C=O) groups is 2. The number of anilines is 1. The van der Waals surface area contributed by atoms with Gasteiger partial charge in [0, 0.05) is 64.5 Å². The fraction of sp³-hybridized carbons (Fsp3) is 0.636. The van der Waals surface area contributed by atoms with Gasteiger partial charge in [-0.1, -0.05) is 18.2 Å². The van der Waals surface area contributed by atoms with Gasteiger partial charge in [-0.05, 0) is 37.9 Å². The lowest BCUT2D eigenvalue weighted by atomic mass is 10.0. The van der Waals surface area contributed by atoms with Gasteiger partial charge in [-0.2, -0.15) is 0 Å². The fourth-order valence-corrected chi connectivity index (χ4v) is 4.15. The molecule has 2 saturated heterocycles. The van der Waals surface area contributed by atoms with Crippen LogP contribution in [0, 0.1) is 0 Å². The third-order valence-electron chi connectivity index (χ3n) is 5.97. The number of likely N-dealkylation sites (tertiary alicyclic amines) is 1. The van der Waals surface area contributed by atoms with E-state index in [2.05, 4.69) is 55.7 Å². The molecule has 2 amide bonds. The molecule has 1 aromatic rings. The Morgan fingerprint density at radius 1 is 0.931 bits per heavy atom. The lowest BCUT2D eigenvalue weighted by molar-refractivity contribution is -0.124. The first-order valence-corrected chi connectivity index (χ1v) is 10.9. The van der Waals surface area contributed by atoms with Crippen molar-refractivity contribution < 1.29 is 9.59 Å². The van der Waals surface area contributed by atoms with Gasteiger partial charge in [-0.15, -0.1) is 0 Å². The van der Waals surface area contributed by atoms with Crippen molar-refractivity contribution in [1.29, 1.82) is 0 Å². The molecule has 29 heavy (non-hydrogen) atoms. The minimum Gasteiger partial charge on any atom is -0.369 e. The van der Waals surface area contributed by atoms with E-state index in [0.717, 1.165) is 65.1 Å². The number of nitrogens with zero attached hydrogens (tertiary/aromatic N) is 3.